The fourth-order valence-corrected chi connectivity index (χ4v) is 4.48. The summed E-state index contributed by atoms with van der Waals surface area (Å²) >= 11 is 1.70. The fraction of sp³-hybridized carbons (Fsp3) is 0.765. The standard InChI is InChI=1S/C17H29N5S.HI/c1-14-3-2-4-15(13-14)5-6-19-16(18)21-8-10-22(11-9-21)17-20-7-12-23-17;/h7,12,14-15H,2-6,8-11,13H2,1H3,(H2,18,19);1H. The SMILES string of the molecule is CC1CCCC(CCN=C(N)N2CCN(c3nccs3)CC2)C1.I. The Morgan fingerprint density at radius 2 is 2.12 bits per heavy atom. The number of guanidine groups is 1. The third-order valence-corrected chi connectivity index (χ3v) is 5.98. The molecule has 0 radical (unpaired) electrons. The second-order valence-corrected chi connectivity index (χ2v) is 7.83. The second kappa shape index (κ2) is 9.79. The van der Waals surface area contributed by atoms with Crippen LogP contribution in [0.5, 0.6) is 0 Å². The van der Waals surface area contributed by atoms with E-state index in [1.54, 1.807) is 11.3 Å². The number of hydrogen-bond acceptors (Lipinski definition) is 4. The number of halogens is 1. The lowest BCUT2D eigenvalue weighted by molar-refractivity contribution is 0.272. The Hall–Kier alpha value is -0.570. The van der Waals surface area contributed by atoms with Crippen LogP contribution in [0.3, 0.4) is 0 Å². The maximum atomic E-state index is 6.20. The molecule has 0 amide bonds. The second-order valence-electron chi connectivity index (χ2n) is 6.96. The number of hydrogen-bond donors (Lipinski definition) is 1. The average molecular weight is 463 g/mol. The maximum Gasteiger partial charge on any atom is 0.191 e. The Kier molecular flexibility index (Phi) is 8.06. The number of aliphatic imine (C=N–C) groups is 1. The first-order valence-corrected chi connectivity index (χ1v) is 9.79. The van der Waals surface area contributed by atoms with Crippen molar-refractivity contribution in [3.05, 3.63) is 11.6 Å². The molecule has 0 spiro atoms. The van der Waals surface area contributed by atoms with Gasteiger partial charge in [0.05, 0.1) is 0 Å². The van der Waals surface area contributed by atoms with Gasteiger partial charge in [-0.3, -0.25) is 4.99 Å². The average Bonchev–Trinajstić information content (AvgIpc) is 3.09. The summed E-state index contributed by atoms with van der Waals surface area (Å²) < 4.78 is 0. The third-order valence-electron chi connectivity index (χ3n) is 5.15. The van der Waals surface area contributed by atoms with E-state index < -0.39 is 0 Å². The zero-order valence-corrected chi connectivity index (χ0v) is 17.7. The minimum Gasteiger partial charge on any atom is -0.370 e. The molecule has 2 fully saturated rings. The summed E-state index contributed by atoms with van der Waals surface area (Å²) in [5.74, 6) is 2.48. The van der Waals surface area contributed by atoms with Gasteiger partial charge in [-0.25, -0.2) is 4.98 Å². The van der Waals surface area contributed by atoms with E-state index in [1.807, 2.05) is 11.6 Å². The molecule has 0 bridgehead atoms. The van der Waals surface area contributed by atoms with E-state index in [0.717, 1.165) is 55.7 Å². The zero-order chi connectivity index (χ0) is 16.1. The van der Waals surface area contributed by atoms with E-state index in [0.29, 0.717) is 0 Å². The topological polar surface area (TPSA) is 57.8 Å². The van der Waals surface area contributed by atoms with Gasteiger partial charge in [-0.15, -0.1) is 35.3 Å². The van der Waals surface area contributed by atoms with Gasteiger partial charge in [-0.05, 0) is 24.7 Å². The molecule has 136 valence electrons. The van der Waals surface area contributed by atoms with Gasteiger partial charge in [0.2, 0.25) is 0 Å². The minimum atomic E-state index is 0. The Balaban J connectivity index is 0.00000208. The summed E-state index contributed by atoms with van der Waals surface area (Å²) in [5, 5.41) is 3.15. The van der Waals surface area contributed by atoms with Crippen LogP contribution in [-0.4, -0.2) is 48.6 Å². The molecule has 2 unspecified atom stereocenters. The molecule has 2 heterocycles. The Labute approximate surface area is 166 Å². The van der Waals surface area contributed by atoms with Gasteiger partial charge in [0.1, 0.15) is 0 Å². The highest BCUT2D eigenvalue weighted by atomic mass is 127. The van der Waals surface area contributed by atoms with E-state index in [1.165, 1.54) is 32.1 Å². The molecule has 1 aromatic heterocycles. The minimum absolute atomic E-state index is 0. The van der Waals surface area contributed by atoms with Crippen LogP contribution in [-0.2, 0) is 0 Å². The van der Waals surface area contributed by atoms with Gasteiger partial charge in [0.15, 0.2) is 11.1 Å². The van der Waals surface area contributed by atoms with Crippen LogP contribution < -0.4 is 10.6 Å². The number of nitrogens with two attached hydrogens (primary N) is 1. The van der Waals surface area contributed by atoms with Gasteiger partial charge in [-0.2, -0.15) is 0 Å². The molecule has 7 heteroatoms. The van der Waals surface area contributed by atoms with E-state index in [4.69, 9.17) is 5.73 Å². The molecule has 0 aromatic carbocycles. The molecular formula is C17H30IN5S. The molecule has 1 saturated carbocycles. The van der Waals surface area contributed by atoms with Crippen LogP contribution in [0.15, 0.2) is 16.6 Å². The molecule has 1 aliphatic heterocycles. The number of thiazole rings is 1. The van der Waals surface area contributed by atoms with E-state index in [9.17, 15) is 0 Å². The van der Waals surface area contributed by atoms with Crippen molar-refractivity contribution in [3.8, 4) is 0 Å². The zero-order valence-electron chi connectivity index (χ0n) is 14.6. The molecule has 2 aliphatic rings. The largest absolute Gasteiger partial charge is 0.370 e. The smallest absolute Gasteiger partial charge is 0.191 e. The molecule has 2 N–H and O–H groups in total. The summed E-state index contributed by atoms with van der Waals surface area (Å²) in [7, 11) is 0. The maximum absolute atomic E-state index is 6.20. The van der Waals surface area contributed by atoms with Crippen LogP contribution >= 0.6 is 35.3 Å². The monoisotopic (exact) mass is 463 g/mol. The Bertz CT molecular complexity index is 499. The van der Waals surface area contributed by atoms with E-state index >= 15 is 0 Å². The van der Waals surface area contributed by atoms with E-state index in [-0.39, 0.29) is 24.0 Å². The number of aromatic nitrogens is 1. The van der Waals surface area contributed by atoms with Crippen LogP contribution in [0.2, 0.25) is 0 Å². The Morgan fingerprint density at radius 3 is 2.79 bits per heavy atom. The van der Waals surface area contributed by atoms with Gasteiger partial charge < -0.3 is 15.5 Å². The highest BCUT2D eigenvalue weighted by molar-refractivity contribution is 14.0. The first-order valence-electron chi connectivity index (χ1n) is 8.91. The van der Waals surface area contributed by atoms with Crippen LogP contribution in [0.4, 0.5) is 5.13 Å². The highest BCUT2D eigenvalue weighted by Crippen LogP contribution is 2.30. The fourth-order valence-electron chi connectivity index (χ4n) is 3.78. The third kappa shape index (κ3) is 5.47. The van der Waals surface area contributed by atoms with Crippen molar-refractivity contribution >= 4 is 46.4 Å². The summed E-state index contributed by atoms with van der Waals surface area (Å²) in [6.45, 7) is 7.10. The lowest BCUT2D eigenvalue weighted by Gasteiger charge is -2.35. The first kappa shape index (κ1) is 19.8. The molecule has 2 atom stereocenters. The molecule has 5 nitrogen and oxygen atoms in total. The summed E-state index contributed by atoms with van der Waals surface area (Å²) in [4.78, 5) is 13.6. The first-order chi connectivity index (χ1) is 11.2. The van der Waals surface area contributed by atoms with Crippen molar-refractivity contribution < 1.29 is 0 Å². The lowest BCUT2D eigenvalue weighted by atomic mass is 9.81. The molecule has 1 aliphatic carbocycles. The van der Waals surface area contributed by atoms with Crippen molar-refractivity contribution in [2.24, 2.45) is 22.6 Å². The van der Waals surface area contributed by atoms with Crippen molar-refractivity contribution in [2.45, 2.75) is 39.0 Å². The van der Waals surface area contributed by atoms with Gasteiger partial charge >= 0.3 is 0 Å². The summed E-state index contributed by atoms with van der Waals surface area (Å²) in [6.07, 6.45) is 8.63. The number of nitrogens with zero attached hydrogens (tertiary/aromatic N) is 4. The van der Waals surface area contributed by atoms with Crippen molar-refractivity contribution in [1.82, 2.24) is 9.88 Å². The molecule has 3 rings (SSSR count). The van der Waals surface area contributed by atoms with Crippen molar-refractivity contribution in [2.75, 3.05) is 37.6 Å². The summed E-state index contributed by atoms with van der Waals surface area (Å²) in [5.41, 5.74) is 6.20. The molecule has 1 saturated heterocycles. The Morgan fingerprint density at radius 1 is 1.33 bits per heavy atom. The molecule has 24 heavy (non-hydrogen) atoms. The van der Waals surface area contributed by atoms with Crippen molar-refractivity contribution in [1.29, 1.82) is 0 Å². The quantitative estimate of drug-likeness (QED) is 0.423. The number of rotatable bonds is 4. The van der Waals surface area contributed by atoms with Gasteiger partial charge in [-0.1, -0.05) is 26.2 Å². The van der Waals surface area contributed by atoms with Gasteiger partial charge in [0, 0.05) is 44.3 Å². The molecule has 1 aromatic rings. The predicted molar refractivity (Wildman–Crippen MR) is 114 cm³/mol. The van der Waals surface area contributed by atoms with Gasteiger partial charge in [0.25, 0.3) is 0 Å². The normalized spacial score (nSPS) is 25.5. The number of anilines is 1. The van der Waals surface area contributed by atoms with Crippen molar-refractivity contribution in [3.63, 3.8) is 0 Å². The molecular weight excluding hydrogens is 433 g/mol. The van der Waals surface area contributed by atoms with Crippen LogP contribution in [0.1, 0.15) is 39.0 Å². The highest BCUT2D eigenvalue weighted by Gasteiger charge is 2.21. The number of piperazine rings is 1. The summed E-state index contributed by atoms with van der Waals surface area (Å²) in [6, 6.07) is 0. The predicted octanol–water partition coefficient (Wildman–Crippen LogP) is 3.41. The lowest BCUT2D eigenvalue weighted by Crippen LogP contribution is -2.51. The van der Waals surface area contributed by atoms with Crippen LogP contribution in [0, 0.1) is 11.8 Å². The van der Waals surface area contributed by atoms with Crippen LogP contribution in [0.25, 0.3) is 0 Å². The van der Waals surface area contributed by atoms with E-state index in [2.05, 4.69) is 26.7 Å².